The molecular weight excluding hydrogens is 230 g/mol. The third-order valence-corrected chi connectivity index (χ3v) is 3.30. The molecule has 1 saturated heterocycles. The van der Waals surface area contributed by atoms with Crippen molar-refractivity contribution in [1.29, 1.82) is 0 Å². The summed E-state index contributed by atoms with van der Waals surface area (Å²) in [7, 11) is 0. The van der Waals surface area contributed by atoms with Gasteiger partial charge >= 0.3 is 0 Å². The number of nitrogens with one attached hydrogen (secondary N) is 1. The second kappa shape index (κ2) is 6.53. The Bertz CT molecular complexity index is 250. The highest BCUT2D eigenvalue weighted by Gasteiger charge is 2.35. The molecular formula is C14H27NO3. The van der Waals surface area contributed by atoms with Gasteiger partial charge in [-0.05, 0) is 59.0 Å². The fraction of sp³-hybridized carbons (Fsp3) is 0.929. The molecule has 1 saturated carbocycles. The van der Waals surface area contributed by atoms with Gasteiger partial charge in [-0.1, -0.05) is 12.8 Å². The summed E-state index contributed by atoms with van der Waals surface area (Å²) in [5.41, 5.74) is -0.617. The van der Waals surface area contributed by atoms with Gasteiger partial charge in [0.25, 0.3) is 6.47 Å². The summed E-state index contributed by atoms with van der Waals surface area (Å²) < 4.78 is 4.55. The van der Waals surface area contributed by atoms with Crippen LogP contribution in [-0.2, 0) is 9.53 Å². The zero-order chi connectivity index (χ0) is 13.6. The third-order valence-electron chi connectivity index (χ3n) is 3.30. The van der Waals surface area contributed by atoms with E-state index < -0.39 is 0 Å². The molecule has 0 amide bonds. The van der Waals surface area contributed by atoms with Gasteiger partial charge in [0.05, 0.1) is 5.60 Å². The van der Waals surface area contributed by atoms with E-state index in [9.17, 15) is 9.90 Å². The van der Waals surface area contributed by atoms with Crippen LogP contribution in [0, 0.1) is 5.92 Å². The Labute approximate surface area is 110 Å². The lowest BCUT2D eigenvalue weighted by Gasteiger charge is -2.32. The smallest absolute Gasteiger partial charge is 0.293 e. The van der Waals surface area contributed by atoms with E-state index in [1.54, 1.807) is 0 Å². The van der Waals surface area contributed by atoms with Gasteiger partial charge in [0.1, 0.15) is 5.60 Å². The van der Waals surface area contributed by atoms with Gasteiger partial charge in [0.2, 0.25) is 0 Å². The van der Waals surface area contributed by atoms with Crippen LogP contribution in [-0.4, -0.2) is 35.9 Å². The largest absolute Gasteiger partial charge is 0.462 e. The number of hydrogen-bond donors (Lipinski definition) is 2. The van der Waals surface area contributed by atoms with E-state index >= 15 is 0 Å². The number of carbonyl (C=O) groups excluding carboxylic acids is 1. The van der Waals surface area contributed by atoms with Gasteiger partial charge in [-0.25, -0.2) is 0 Å². The zero-order valence-electron chi connectivity index (χ0n) is 11.9. The summed E-state index contributed by atoms with van der Waals surface area (Å²) in [6.45, 7) is 7.93. The van der Waals surface area contributed by atoms with Crippen molar-refractivity contribution in [1.82, 2.24) is 5.32 Å². The van der Waals surface area contributed by atoms with Crippen molar-refractivity contribution >= 4 is 6.47 Å². The maximum absolute atomic E-state index is 10.0. The van der Waals surface area contributed by atoms with Crippen molar-refractivity contribution in [3.05, 3.63) is 0 Å². The first-order chi connectivity index (χ1) is 8.35. The second-order valence-corrected chi connectivity index (χ2v) is 6.45. The van der Waals surface area contributed by atoms with Gasteiger partial charge in [-0.3, -0.25) is 4.79 Å². The van der Waals surface area contributed by atoms with Gasteiger partial charge in [-0.15, -0.1) is 0 Å². The maximum atomic E-state index is 10.0. The quantitative estimate of drug-likeness (QED) is 0.758. The highest BCUT2D eigenvalue weighted by molar-refractivity contribution is 5.37. The van der Waals surface area contributed by atoms with Crippen molar-refractivity contribution in [3.8, 4) is 0 Å². The molecule has 18 heavy (non-hydrogen) atoms. The summed E-state index contributed by atoms with van der Waals surface area (Å²) in [6, 6.07) is 0. The topological polar surface area (TPSA) is 58.6 Å². The van der Waals surface area contributed by atoms with Crippen LogP contribution in [0.2, 0.25) is 0 Å². The summed E-state index contributed by atoms with van der Waals surface area (Å²) in [5, 5.41) is 13.3. The average Bonchev–Trinajstić information content (AvgIpc) is 3.01. The van der Waals surface area contributed by atoms with Crippen LogP contribution in [0.1, 0.15) is 52.9 Å². The molecule has 0 aromatic heterocycles. The summed E-state index contributed by atoms with van der Waals surface area (Å²) in [6.07, 6.45) is 5.70. The van der Waals surface area contributed by atoms with Crippen molar-refractivity contribution < 1.29 is 14.6 Å². The summed E-state index contributed by atoms with van der Waals surface area (Å²) in [4.78, 5) is 9.60. The standard InChI is InChI=1S/C9H17NO.C5H10O2/c11-9(7-8-1-2-8)3-5-10-6-4-9;1-5(2,3)7-4-6/h8,10-11H,1-7H2;4H,1-3H3. The Morgan fingerprint density at radius 2 is 1.89 bits per heavy atom. The van der Waals surface area contributed by atoms with Gasteiger partial charge < -0.3 is 15.2 Å². The van der Waals surface area contributed by atoms with Gasteiger partial charge in [0, 0.05) is 0 Å². The first kappa shape index (κ1) is 15.4. The molecule has 1 heterocycles. The molecule has 2 N–H and O–H groups in total. The highest BCUT2D eigenvalue weighted by atomic mass is 16.5. The van der Waals surface area contributed by atoms with E-state index in [1.807, 2.05) is 20.8 Å². The lowest BCUT2D eigenvalue weighted by atomic mass is 9.87. The Balaban J connectivity index is 0.000000203. The fourth-order valence-electron chi connectivity index (χ4n) is 2.10. The lowest BCUT2D eigenvalue weighted by Crippen LogP contribution is -2.42. The molecule has 1 aliphatic heterocycles. The fourth-order valence-corrected chi connectivity index (χ4v) is 2.10. The van der Waals surface area contributed by atoms with Gasteiger partial charge in [-0.2, -0.15) is 0 Å². The monoisotopic (exact) mass is 257 g/mol. The van der Waals surface area contributed by atoms with Crippen LogP contribution in [0.3, 0.4) is 0 Å². The Morgan fingerprint density at radius 3 is 2.22 bits per heavy atom. The van der Waals surface area contributed by atoms with E-state index in [-0.39, 0.29) is 11.2 Å². The number of piperidine rings is 1. The van der Waals surface area contributed by atoms with Crippen molar-refractivity contribution in [2.75, 3.05) is 13.1 Å². The summed E-state index contributed by atoms with van der Waals surface area (Å²) >= 11 is 0. The highest BCUT2D eigenvalue weighted by Crippen LogP contribution is 2.39. The number of ether oxygens (including phenoxy) is 1. The molecule has 0 aromatic rings. The molecule has 0 aromatic carbocycles. The first-order valence-electron chi connectivity index (χ1n) is 6.89. The predicted octanol–water partition coefficient (Wildman–Crippen LogP) is 1.86. The first-order valence-corrected chi connectivity index (χ1v) is 6.89. The molecule has 0 unspecified atom stereocenters. The second-order valence-electron chi connectivity index (χ2n) is 6.45. The molecule has 0 radical (unpaired) electrons. The van der Waals surface area contributed by atoms with Crippen molar-refractivity contribution in [2.45, 2.75) is 64.1 Å². The van der Waals surface area contributed by atoms with Crippen LogP contribution >= 0.6 is 0 Å². The van der Waals surface area contributed by atoms with Crippen LogP contribution in [0.25, 0.3) is 0 Å². The number of aliphatic hydroxyl groups is 1. The molecule has 2 rings (SSSR count). The molecule has 1 aliphatic carbocycles. The molecule has 2 aliphatic rings. The number of hydrogen-bond acceptors (Lipinski definition) is 4. The predicted molar refractivity (Wildman–Crippen MR) is 71.3 cm³/mol. The Hall–Kier alpha value is -0.610. The van der Waals surface area contributed by atoms with E-state index in [0.717, 1.165) is 38.3 Å². The van der Waals surface area contributed by atoms with E-state index in [2.05, 4.69) is 10.1 Å². The minimum absolute atomic E-state index is 0.299. The number of carbonyl (C=O) groups is 1. The van der Waals surface area contributed by atoms with E-state index in [0.29, 0.717) is 6.47 Å². The molecule has 0 atom stereocenters. The SMILES string of the molecule is CC(C)(C)OC=O.OC1(CC2CC2)CCNCC1. The summed E-state index contributed by atoms with van der Waals surface area (Å²) in [5.74, 6) is 0.859. The molecule has 2 fully saturated rings. The third kappa shape index (κ3) is 6.97. The molecule has 0 bridgehead atoms. The average molecular weight is 257 g/mol. The van der Waals surface area contributed by atoms with Crippen molar-refractivity contribution in [3.63, 3.8) is 0 Å². The molecule has 0 spiro atoms. The minimum Gasteiger partial charge on any atom is -0.462 e. The van der Waals surface area contributed by atoms with E-state index in [1.165, 1.54) is 12.8 Å². The van der Waals surface area contributed by atoms with Crippen LogP contribution in [0.15, 0.2) is 0 Å². The molecule has 106 valence electrons. The van der Waals surface area contributed by atoms with Gasteiger partial charge in [0.15, 0.2) is 0 Å². The normalized spacial score (nSPS) is 22.7. The molecule has 4 nitrogen and oxygen atoms in total. The number of rotatable bonds is 3. The van der Waals surface area contributed by atoms with Crippen LogP contribution < -0.4 is 5.32 Å². The zero-order valence-corrected chi connectivity index (χ0v) is 11.9. The van der Waals surface area contributed by atoms with Crippen LogP contribution in [0.5, 0.6) is 0 Å². The van der Waals surface area contributed by atoms with Crippen LogP contribution in [0.4, 0.5) is 0 Å². The molecule has 4 heteroatoms. The lowest BCUT2D eigenvalue weighted by molar-refractivity contribution is -0.138. The van der Waals surface area contributed by atoms with E-state index in [4.69, 9.17) is 0 Å². The Morgan fingerprint density at radius 1 is 1.33 bits per heavy atom. The Kier molecular flexibility index (Phi) is 5.60. The maximum Gasteiger partial charge on any atom is 0.293 e. The van der Waals surface area contributed by atoms with Crippen molar-refractivity contribution in [2.24, 2.45) is 5.92 Å². The minimum atomic E-state index is -0.318.